The van der Waals surface area contributed by atoms with Gasteiger partial charge in [0.15, 0.2) is 0 Å². The fourth-order valence-electron chi connectivity index (χ4n) is 1.41. The molecule has 3 N–H and O–H groups in total. The predicted octanol–water partition coefficient (Wildman–Crippen LogP) is 3.92. The van der Waals surface area contributed by atoms with E-state index in [9.17, 15) is 4.79 Å². The Bertz CT molecular complexity index is 620. The van der Waals surface area contributed by atoms with Crippen molar-refractivity contribution < 1.29 is 4.79 Å². The lowest BCUT2D eigenvalue weighted by molar-refractivity contribution is -0.113. The summed E-state index contributed by atoms with van der Waals surface area (Å²) in [5.74, 6) is 0.205. The number of hydrogen-bond donors (Lipinski definition) is 2. The van der Waals surface area contributed by atoms with E-state index in [1.807, 2.05) is 12.1 Å². The molecule has 7 heteroatoms. The fraction of sp³-hybridized carbons (Fsp3) is 0.0769. The van der Waals surface area contributed by atoms with Crippen LogP contribution in [0.2, 0.25) is 0 Å². The summed E-state index contributed by atoms with van der Waals surface area (Å²) < 4.78 is 1.68. The Morgan fingerprint density at radius 3 is 2.75 bits per heavy atom. The van der Waals surface area contributed by atoms with E-state index in [2.05, 4.69) is 42.2 Å². The zero-order chi connectivity index (χ0) is 14.5. The lowest BCUT2D eigenvalue weighted by atomic mass is 10.3. The molecule has 1 aromatic carbocycles. The summed E-state index contributed by atoms with van der Waals surface area (Å²) in [6, 6.07) is 9.01. The maximum atomic E-state index is 11.9. The number of carbonyl (C=O) groups is 1. The molecule has 0 saturated carbocycles. The number of benzene rings is 1. The molecule has 1 amide bonds. The minimum absolute atomic E-state index is 0.0924. The quantitative estimate of drug-likeness (QED) is 0.585. The van der Waals surface area contributed by atoms with E-state index in [4.69, 9.17) is 5.73 Å². The molecule has 0 aliphatic rings. The van der Waals surface area contributed by atoms with Gasteiger partial charge in [-0.1, -0.05) is 11.8 Å². The standard InChI is InChI=1S/C13H11Br2N3OS/c14-8-1-4-13(17-6-8)20-7-12(19)18-11-3-2-9(16)5-10(11)15/h1-6H,7,16H2,(H,18,19). The molecule has 2 rings (SSSR count). The van der Waals surface area contributed by atoms with Gasteiger partial charge in [-0.3, -0.25) is 4.79 Å². The summed E-state index contributed by atoms with van der Waals surface area (Å²) >= 11 is 8.06. The second-order valence-corrected chi connectivity index (χ2v) is 6.66. The lowest BCUT2D eigenvalue weighted by Gasteiger charge is -2.07. The molecule has 0 fully saturated rings. The second kappa shape index (κ2) is 7.10. The number of hydrogen-bond acceptors (Lipinski definition) is 4. The van der Waals surface area contributed by atoms with E-state index in [1.54, 1.807) is 24.4 Å². The molecule has 0 unspecified atom stereocenters. The zero-order valence-corrected chi connectivity index (χ0v) is 14.3. The highest BCUT2D eigenvalue weighted by Crippen LogP contribution is 2.25. The van der Waals surface area contributed by atoms with E-state index in [0.29, 0.717) is 17.1 Å². The molecule has 20 heavy (non-hydrogen) atoms. The normalized spacial score (nSPS) is 10.3. The van der Waals surface area contributed by atoms with Crippen molar-refractivity contribution in [1.82, 2.24) is 4.98 Å². The van der Waals surface area contributed by atoms with Crippen molar-refractivity contribution in [3.8, 4) is 0 Å². The highest BCUT2D eigenvalue weighted by molar-refractivity contribution is 9.10. The molecule has 0 saturated heterocycles. The van der Waals surface area contributed by atoms with Crippen LogP contribution in [-0.4, -0.2) is 16.6 Å². The van der Waals surface area contributed by atoms with Crippen LogP contribution < -0.4 is 11.1 Å². The molecule has 1 heterocycles. The maximum absolute atomic E-state index is 11.9. The molecule has 2 aromatic rings. The highest BCUT2D eigenvalue weighted by atomic mass is 79.9. The Labute approximate surface area is 137 Å². The number of nitrogens with one attached hydrogen (secondary N) is 1. The number of rotatable bonds is 4. The highest BCUT2D eigenvalue weighted by Gasteiger charge is 2.07. The molecular formula is C13H11Br2N3OS. The molecule has 104 valence electrons. The average Bonchev–Trinajstić information content (AvgIpc) is 2.41. The van der Waals surface area contributed by atoms with Crippen molar-refractivity contribution in [2.75, 3.05) is 16.8 Å². The van der Waals surface area contributed by atoms with Crippen LogP contribution in [0, 0.1) is 0 Å². The van der Waals surface area contributed by atoms with Crippen LogP contribution in [0.3, 0.4) is 0 Å². The SMILES string of the molecule is Nc1ccc(NC(=O)CSc2ccc(Br)cn2)c(Br)c1. The Morgan fingerprint density at radius 2 is 2.10 bits per heavy atom. The van der Waals surface area contributed by atoms with Crippen molar-refractivity contribution in [1.29, 1.82) is 0 Å². The minimum Gasteiger partial charge on any atom is -0.399 e. The van der Waals surface area contributed by atoms with E-state index in [1.165, 1.54) is 11.8 Å². The van der Waals surface area contributed by atoms with Gasteiger partial charge < -0.3 is 11.1 Å². The van der Waals surface area contributed by atoms with Crippen LogP contribution in [0.15, 0.2) is 50.5 Å². The van der Waals surface area contributed by atoms with Crippen LogP contribution >= 0.6 is 43.6 Å². The fourth-order valence-corrected chi connectivity index (χ4v) is 2.78. The Kier molecular flexibility index (Phi) is 5.45. The Morgan fingerprint density at radius 1 is 1.30 bits per heavy atom. The molecule has 0 spiro atoms. The molecular weight excluding hydrogens is 406 g/mol. The van der Waals surface area contributed by atoms with Gasteiger partial charge in [-0.15, -0.1) is 0 Å². The summed E-state index contributed by atoms with van der Waals surface area (Å²) in [6.07, 6.45) is 1.71. The van der Waals surface area contributed by atoms with Crippen molar-refractivity contribution in [2.24, 2.45) is 0 Å². The maximum Gasteiger partial charge on any atom is 0.234 e. The van der Waals surface area contributed by atoms with Crippen molar-refractivity contribution in [3.63, 3.8) is 0 Å². The van der Waals surface area contributed by atoms with Gasteiger partial charge in [0.25, 0.3) is 0 Å². The van der Waals surface area contributed by atoms with Gasteiger partial charge in [0.1, 0.15) is 0 Å². The first-order chi connectivity index (χ1) is 9.54. The van der Waals surface area contributed by atoms with E-state index < -0.39 is 0 Å². The van der Waals surface area contributed by atoms with Crippen molar-refractivity contribution in [3.05, 3.63) is 45.5 Å². The van der Waals surface area contributed by atoms with Gasteiger partial charge in [-0.25, -0.2) is 4.98 Å². The monoisotopic (exact) mass is 415 g/mol. The minimum atomic E-state index is -0.0924. The number of aromatic nitrogens is 1. The Hall–Kier alpha value is -1.05. The zero-order valence-electron chi connectivity index (χ0n) is 10.3. The number of thioether (sulfide) groups is 1. The van der Waals surface area contributed by atoms with Crippen molar-refractivity contribution >= 4 is 60.9 Å². The smallest absolute Gasteiger partial charge is 0.234 e. The van der Waals surface area contributed by atoms with Crippen LogP contribution in [0.5, 0.6) is 0 Å². The van der Waals surface area contributed by atoms with Crippen LogP contribution in [-0.2, 0) is 4.79 Å². The largest absolute Gasteiger partial charge is 0.399 e. The summed E-state index contributed by atoms with van der Waals surface area (Å²) in [5.41, 5.74) is 6.99. The summed E-state index contributed by atoms with van der Waals surface area (Å²) in [4.78, 5) is 16.1. The number of carbonyl (C=O) groups excluding carboxylic acids is 1. The van der Waals surface area contributed by atoms with E-state index >= 15 is 0 Å². The van der Waals surface area contributed by atoms with Crippen LogP contribution in [0.25, 0.3) is 0 Å². The van der Waals surface area contributed by atoms with Crippen LogP contribution in [0.4, 0.5) is 11.4 Å². The molecule has 0 bridgehead atoms. The van der Waals surface area contributed by atoms with Gasteiger partial charge in [0.05, 0.1) is 16.5 Å². The molecule has 0 atom stereocenters. The first-order valence-corrected chi connectivity index (χ1v) is 8.21. The topological polar surface area (TPSA) is 68.0 Å². The Balaban J connectivity index is 1.90. The van der Waals surface area contributed by atoms with Gasteiger partial charge in [-0.05, 0) is 62.2 Å². The third-order valence-corrected chi connectivity index (χ3v) is 4.39. The predicted molar refractivity (Wildman–Crippen MR) is 89.8 cm³/mol. The molecule has 0 radical (unpaired) electrons. The van der Waals surface area contributed by atoms with Gasteiger partial charge in [0.2, 0.25) is 5.91 Å². The van der Waals surface area contributed by atoms with Gasteiger partial charge >= 0.3 is 0 Å². The number of nitrogens with zero attached hydrogens (tertiary/aromatic N) is 1. The first-order valence-electron chi connectivity index (χ1n) is 5.64. The van der Waals surface area contributed by atoms with Gasteiger partial charge in [-0.2, -0.15) is 0 Å². The molecule has 0 aliphatic heterocycles. The number of halogens is 2. The second-order valence-electron chi connectivity index (χ2n) is 3.89. The molecule has 0 aliphatic carbocycles. The number of pyridine rings is 1. The number of nitrogens with two attached hydrogens (primary N) is 1. The number of anilines is 2. The summed E-state index contributed by atoms with van der Waals surface area (Å²) in [7, 11) is 0. The third-order valence-electron chi connectivity index (χ3n) is 2.32. The van der Waals surface area contributed by atoms with Crippen LogP contribution in [0.1, 0.15) is 0 Å². The summed E-state index contributed by atoms with van der Waals surface area (Å²) in [6.45, 7) is 0. The third kappa shape index (κ3) is 4.50. The summed E-state index contributed by atoms with van der Waals surface area (Å²) in [5, 5.41) is 3.63. The van der Waals surface area contributed by atoms with E-state index in [-0.39, 0.29) is 5.91 Å². The number of nitrogen functional groups attached to an aromatic ring is 1. The van der Waals surface area contributed by atoms with E-state index in [0.717, 1.165) is 14.0 Å². The lowest BCUT2D eigenvalue weighted by Crippen LogP contribution is -2.14. The van der Waals surface area contributed by atoms with Gasteiger partial charge in [0, 0.05) is 20.8 Å². The van der Waals surface area contributed by atoms with Crippen molar-refractivity contribution in [2.45, 2.75) is 5.03 Å². The average molecular weight is 417 g/mol. The number of amides is 1. The first kappa shape index (κ1) is 15.3. The molecule has 4 nitrogen and oxygen atoms in total. The molecule has 1 aromatic heterocycles.